The highest BCUT2D eigenvalue weighted by Crippen LogP contribution is 2.24. The fourth-order valence-corrected chi connectivity index (χ4v) is 5.71. The van der Waals surface area contributed by atoms with Crippen LogP contribution in [-0.4, -0.2) is 40.3 Å². The third-order valence-electron chi connectivity index (χ3n) is 3.96. The van der Waals surface area contributed by atoms with Gasteiger partial charge in [-0.3, -0.25) is 9.00 Å². The quantitative estimate of drug-likeness (QED) is 0.619. The minimum atomic E-state index is -3.68. The minimum absolute atomic E-state index is 0.0253. The van der Waals surface area contributed by atoms with Gasteiger partial charge >= 0.3 is 0 Å². The molecule has 2 aromatic rings. The molecule has 0 saturated carbocycles. The molecule has 27 heavy (non-hydrogen) atoms. The van der Waals surface area contributed by atoms with Gasteiger partial charge in [0.2, 0.25) is 10.0 Å². The maximum absolute atomic E-state index is 12.6. The molecule has 1 heterocycles. The number of sulfonamides is 1. The molecular formula is C17H20Cl2N2O4S2. The molecule has 6 nitrogen and oxygen atoms in total. The van der Waals surface area contributed by atoms with Crippen molar-refractivity contribution >= 4 is 44.0 Å². The lowest BCUT2D eigenvalue weighted by Crippen LogP contribution is -2.32. The molecule has 0 fully saturated rings. The zero-order chi connectivity index (χ0) is 20.2. The number of aromatic nitrogens is 1. The summed E-state index contributed by atoms with van der Waals surface area (Å²) in [6.07, 6.45) is 1.28. The van der Waals surface area contributed by atoms with Crippen LogP contribution in [0.5, 0.6) is 0 Å². The van der Waals surface area contributed by atoms with Crippen molar-refractivity contribution in [3.8, 4) is 0 Å². The molecule has 1 aromatic heterocycles. The lowest BCUT2D eigenvalue weighted by Gasteiger charge is -2.19. The molecule has 0 radical (unpaired) electrons. The van der Waals surface area contributed by atoms with E-state index in [4.69, 9.17) is 23.2 Å². The van der Waals surface area contributed by atoms with Gasteiger partial charge in [0, 0.05) is 42.7 Å². The van der Waals surface area contributed by atoms with Crippen molar-refractivity contribution in [3.05, 3.63) is 56.9 Å². The van der Waals surface area contributed by atoms with Crippen LogP contribution in [0.25, 0.3) is 0 Å². The van der Waals surface area contributed by atoms with Crippen LogP contribution in [0, 0.1) is 0 Å². The van der Waals surface area contributed by atoms with Gasteiger partial charge in [0.1, 0.15) is 0 Å². The second kappa shape index (κ2) is 9.34. The molecule has 0 N–H and O–H groups in total. The van der Waals surface area contributed by atoms with Crippen molar-refractivity contribution in [1.82, 2.24) is 8.87 Å². The van der Waals surface area contributed by atoms with Crippen molar-refractivity contribution in [1.29, 1.82) is 0 Å². The van der Waals surface area contributed by atoms with Crippen LogP contribution in [0.2, 0.25) is 10.0 Å². The molecule has 2 rings (SSSR count). The number of hydrogen-bond donors (Lipinski definition) is 0. The van der Waals surface area contributed by atoms with Crippen molar-refractivity contribution in [2.45, 2.75) is 30.2 Å². The molecular weight excluding hydrogens is 431 g/mol. The number of rotatable bonds is 8. The molecule has 0 aliphatic heterocycles. The Balaban J connectivity index is 2.26. The van der Waals surface area contributed by atoms with Crippen LogP contribution in [0.3, 0.4) is 0 Å². The van der Waals surface area contributed by atoms with Gasteiger partial charge in [0.15, 0.2) is 0 Å². The summed E-state index contributed by atoms with van der Waals surface area (Å²) in [6.45, 7) is 4.23. The van der Waals surface area contributed by atoms with E-state index in [1.165, 1.54) is 33.3 Å². The van der Waals surface area contributed by atoms with Crippen LogP contribution in [0.4, 0.5) is 0 Å². The van der Waals surface area contributed by atoms with Gasteiger partial charge in [-0.2, -0.15) is 4.31 Å². The molecule has 10 heteroatoms. The lowest BCUT2D eigenvalue weighted by molar-refractivity contribution is 0.444. The number of benzene rings is 1. The molecule has 1 atom stereocenters. The van der Waals surface area contributed by atoms with E-state index in [0.717, 1.165) is 0 Å². The van der Waals surface area contributed by atoms with E-state index in [9.17, 15) is 17.4 Å². The van der Waals surface area contributed by atoms with Crippen molar-refractivity contribution < 1.29 is 12.6 Å². The van der Waals surface area contributed by atoms with Crippen LogP contribution in [0.15, 0.2) is 51.1 Å². The monoisotopic (exact) mass is 450 g/mol. The van der Waals surface area contributed by atoms with Crippen LogP contribution < -0.4 is 5.56 Å². The fourth-order valence-electron chi connectivity index (χ4n) is 2.49. The van der Waals surface area contributed by atoms with Gasteiger partial charge in [-0.15, -0.1) is 0 Å². The number of pyridine rings is 1. The Labute approximate surface area is 171 Å². The first-order valence-corrected chi connectivity index (χ1v) is 11.8. The average molecular weight is 451 g/mol. The highest BCUT2D eigenvalue weighted by Gasteiger charge is 2.22. The third kappa shape index (κ3) is 5.20. The summed E-state index contributed by atoms with van der Waals surface area (Å²) >= 11 is 12.0. The summed E-state index contributed by atoms with van der Waals surface area (Å²) in [4.78, 5) is 12.5. The Morgan fingerprint density at radius 1 is 1.11 bits per heavy atom. The van der Waals surface area contributed by atoms with Crippen molar-refractivity contribution in [2.24, 2.45) is 0 Å². The van der Waals surface area contributed by atoms with Crippen LogP contribution >= 0.6 is 23.2 Å². The topological polar surface area (TPSA) is 76.5 Å². The Morgan fingerprint density at radius 2 is 1.78 bits per heavy atom. The summed E-state index contributed by atoms with van der Waals surface area (Å²) in [7, 11) is -5.17. The maximum Gasteiger partial charge on any atom is 0.250 e. The summed E-state index contributed by atoms with van der Waals surface area (Å²) in [5.41, 5.74) is -0.373. The molecule has 0 saturated heterocycles. The first kappa shape index (κ1) is 22.1. The number of hydrogen-bond acceptors (Lipinski definition) is 4. The summed E-state index contributed by atoms with van der Waals surface area (Å²) in [5, 5.41) is 0.732. The normalized spacial score (nSPS) is 13.1. The maximum atomic E-state index is 12.6. The smallest absolute Gasteiger partial charge is 0.250 e. The molecule has 1 aromatic carbocycles. The fraction of sp³-hybridized carbons (Fsp3) is 0.353. The zero-order valence-corrected chi connectivity index (χ0v) is 18.0. The highest BCUT2D eigenvalue weighted by atomic mass is 35.5. The molecule has 0 bridgehead atoms. The summed E-state index contributed by atoms with van der Waals surface area (Å²) in [5.74, 6) is 0.0920. The first-order valence-electron chi connectivity index (χ1n) is 8.24. The van der Waals surface area contributed by atoms with E-state index in [2.05, 4.69) is 0 Å². The molecule has 0 unspecified atom stereocenters. The average Bonchev–Trinajstić information content (AvgIpc) is 2.63. The molecule has 0 aliphatic rings. The van der Waals surface area contributed by atoms with Crippen LogP contribution in [-0.2, 0) is 27.4 Å². The van der Waals surface area contributed by atoms with Crippen molar-refractivity contribution in [2.75, 3.05) is 18.8 Å². The van der Waals surface area contributed by atoms with E-state index in [-0.39, 0.29) is 22.8 Å². The number of halogens is 2. The summed E-state index contributed by atoms with van der Waals surface area (Å²) in [6, 6.07) is 7.16. The van der Waals surface area contributed by atoms with E-state index in [1.54, 1.807) is 26.0 Å². The van der Waals surface area contributed by atoms with Gasteiger partial charge in [0.05, 0.1) is 25.6 Å². The van der Waals surface area contributed by atoms with Gasteiger partial charge in [-0.1, -0.05) is 37.0 Å². The Kier molecular flexibility index (Phi) is 7.64. The SMILES string of the molecule is CCN(CC)S(=O)(=O)c1ccc(=O)n(CC[S@](=O)c2cc(Cl)ccc2Cl)c1. The number of aryl methyl sites for hydroxylation is 1. The second-order valence-electron chi connectivity index (χ2n) is 5.61. The molecule has 0 amide bonds. The Hall–Kier alpha value is -1.19. The second-order valence-corrected chi connectivity index (χ2v) is 9.93. The number of nitrogens with zero attached hydrogens (tertiary/aromatic N) is 2. The molecule has 0 aliphatic carbocycles. The highest BCUT2D eigenvalue weighted by molar-refractivity contribution is 7.89. The van der Waals surface area contributed by atoms with E-state index >= 15 is 0 Å². The van der Waals surface area contributed by atoms with Crippen molar-refractivity contribution in [3.63, 3.8) is 0 Å². The zero-order valence-electron chi connectivity index (χ0n) is 14.9. The van der Waals surface area contributed by atoms with E-state index < -0.39 is 20.8 Å². The minimum Gasteiger partial charge on any atom is -0.313 e. The Bertz CT molecular complexity index is 1000. The molecule has 0 spiro atoms. The largest absolute Gasteiger partial charge is 0.313 e. The Morgan fingerprint density at radius 3 is 2.41 bits per heavy atom. The van der Waals surface area contributed by atoms with E-state index in [0.29, 0.717) is 28.0 Å². The third-order valence-corrected chi connectivity index (χ3v) is 8.05. The van der Waals surface area contributed by atoms with Crippen LogP contribution in [0.1, 0.15) is 13.8 Å². The van der Waals surface area contributed by atoms with Gasteiger partial charge < -0.3 is 4.57 Å². The van der Waals surface area contributed by atoms with Gasteiger partial charge in [-0.05, 0) is 24.3 Å². The standard InChI is InChI=1S/C17H20Cl2N2O4S2/c1-3-21(4-2)27(24,25)14-6-8-17(22)20(12-14)9-10-26(23)16-11-13(18)5-7-15(16)19/h5-8,11-12H,3-4,9-10H2,1-2H3/t26-/m0/s1. The van der Waals surface area contributed by atoms with E-state index in [1.807, 2.05) is 0 Å². The predicted octanol–water partition coefficient (Wildman–Crippen LogP) is 2.99. The predicted molar refractivity (Wildman–Crippen MR) is 109 cm³/mol. The summed E-state index contributed by atoms with van der Waals surface area (Å²) < 4.78 is 40.3. The lowest BCUT2D eigenvalue weighted by atomic mass is 10.4. The first-order chi connectivity index (χ1) is 12.7. The van der Waals surface area contributed by atoms with Gasteiger partial charge in [-0.25, -0.2) is 8.42 Å². The van der Waals surface area contributed by atoms with Gasteiger partial charge in [0.25, 0.3) is 5.56 Å². The molecule has 148 valence electrons.